The van der Waals surface area contributed by atoms with Crippen LogP contribution in [-0.2, 0) is 0 Å². The summed E-state index contributed by atoms with van der Waals surface area (Å²) in [4.78, 5) is 2.64. The van der Waals surface area contributed by atoms with Crippen LogP contribution in [0.15, 0.2) is 0 Å². The predicted molar refractivity (Wildman–Crippen MR) is 83.4 cm³/mol. The minimum Gasteiger partial charge on any atom is -0.303 e. The molecule has 3 nitrogen and oxygen atoms in total. The molecular formula is C17H31N3. The topological polar surface area (TPSA) is 39.1 Å². The lowest BCUT2D eigenvalue weighted by molar-refractivity contribution is 0.279. The van der Waals surface area contributed by atoms with Gasteiger partial charge in [-0.25, -0.2) is 0 Å². The minimum atomic E-state index is -0.286. The average Bonchev–Trinajstić information content (AvgIpc) is 3.04. The van der Waals surface area contributed by atoms with Gasteiger partial charge in [-0.15, -0.1) is 0 Å². The zero-order valence-electron chi connectivity index (χ0n) is 13.3. The molecule has 3 atom stereocenters. The molecular weight excluding hydrogens is 246 g/mol. The highest BCUT2D eigenvalue weighted by Crippen LogP contribution is 2.37. The molecule has 3 heteroatoms. The molecule has 114 valence electrons. The molecule has 2 rings (SSSR count). The fourth-order valence-electron chi connectivity index (χ4n) is 4.05. The number of hydrogen-bond donors (Lipinski definition) is 1. The molecule has 1 heterocycles. The molecule has 0 aromatic heterocycles. The van der Waals surface area contributed by atoms with Crippen LogP contribution in [0.4, 0.5) is 0 Å². The highest BCUT2D eigenvalue weighted by atomic mass is 15.2. The monoisotopic (exact) mass is 277 g/mol. The lowest BCUT2D eigenvalue weighted by Crippen LogP contribution is -2.44. The summed E-state index contributed by atoms with van der Waals surface area (Å²) in [5, 5.41) is 13.0. The van der Waals surface area contributed by atoms with Crippen molar-refractivity contribution < 1.29 is 0 Å². The third-order valence-electron chi connectivity index (χ3n) is 5.41. The zero-order chi connectivity index (χ0) is 14.4. The van der Waals surface area contributed by atoms with Gasteiger partial charge >= 0.3 is 0 Å². The molecule has 1 aliphatic carbocycles. The smallest absolute Gasteiger partial charge is 0.106 e. The maximum atomic E-state index is 9.50. The predicted octanol–water partition coefficient (Wildman–Crippen LogP) is 3.17. The minimum absolute atomic E-state index is 0.286. The fraction of sp³-hybridized carbons (Fsp3) is 0.941. The highest BCUT2D eigenvalue weighted by molar-refractivity contribution is 5.06. The normalized spacial score (nSPS) is 29.1. The summed E-state index contributed by atoms with van der Waals surface area (Å²) in [6.07, 6.45) is 8.52. The Balaban J connectivity index is 1.72. The first-order chi connectivity index (χ1) is 9.73. The first-order valence-electron chi connectivity index (χ1n) is 8.61. The molecule has 20 heavy (non-hydrogen) atoms. The summed E-state index contributed by atoms with van der Waals surface area (Å²) < 4.78 is 0. The van der Waals surface area contributed by atoms with Crippen LogP contribution in [0.25, 0.3) is 0 Å². The van der Waals surface area contributed by atoms with Gasteiger partial charge in [-0.2, -0.15) is 5.26 Å². The van der Waals surface area contributed by atoms with Crippen molar-refractivity contribution in [2.75, 3.05) is 26.2 Å². The Hall–Kier alpha value is -0.590. The lowest BCUT2D eigenvalue weighted by Gasteiger charge is -2.27. The summed E-state index contributed by atoms with van der Waals surface area (Å²) in [5.41, 5.74) is -0.286. The van der Waals surface area contributed by atoms with E-state index < -0.39 is 0 Å². The summed E-state index contributed by atoms with van der Waals surface area (Å²) in [5.74, 6) is 1.97. The van der Waals surface area contributed by atoms with Crippen molar-refractivity contribution in [3.8, 4) is 6.07 Å². The molecule has 1 N–H and O–H groups in total. The van der Waals surface area contributed by atoms with Gasteiger partial charge in [-0.3, -0.25) is 5.32 Å². The molecule has 1 aliphatic heterocycles. The van der Waals surface area contributed by atoms with E-state index in [-0.39, 0.29) is 5.54 Å². The van der Waals surface area contributed by atoms with Crippen molar-refractivity contribution in [3.05, 3.63) is 0 Å². The van der Waals surface area contributed by atoms with E-state index in [0.29, 0.717) is 0 Å². The second-order valence-corrected chi connectivity index (χ2v) is 6.79. The van der Waals surface area contributed by atoms with Gasteiger partial charge in [0.1, 0.15) is 5.54 Å². The molecule has 3 unspecified atom stereocenters. The van der Waals surface area contributed by atoms with E-state index in [2.05, 4.69) is 30.1 Å². The van der Waals surface area contributed by atoms with Gasteiger partial charge in [0.05, 0.1) is 6.07 Å². The number of nitriles is 1. The molecule has 0 aromatic carbocycles. The molecule has 2 aliphatic rings. The van der Waals surface area contributed by atoms with Gasteiger partial charge in [0.15, 0.2) is 0 Å². The Kier molecular flexibility index (Phi) is 5.86. The van der Waals surface area contributed by atoms with Crippen LogP contribution in [0.5, 0.6) is 0 Å². The quantitative estimate of drug-likeness (QED) is 0.740. The number of hydrogen-bond acceptors (Lipinski definition) is 3. The van der Waals surface area contributed by atoms with Crippen LogP contribution in [0.2, 0.25) is 0 Å². The average molecular weight is 277 g/mol. The van der Waals surface area contributed by atoms with Crippen LogP contribution in [0.1, 0.15) is 58.8 Å². The zero-order valence-corrected chi connectivity index (χ0v) is 13.3. The molecule has 1 saturated heterocycles. The number of nitrogens with one attached hydrogen (secondary N) is 1. The number of likely N-dealkylation sites (tertiary alicyclic amines) is 1. The van der Waals surface area contributed by atoms with Crippen molar-refractivity contribution in [1.82, 2.24) is 10.2 Å². The van der Waals surface area contributed by atoms with Gasteiger partial charge in [-0.1, -0.05) is 20.3 Å². The Morgan fingerprint density at radius 2 is 1.95 bits per heavy atom. The molecule has 0 aromatic rings. The maximum absolute atomic E-state index is 9.50. The second-order valence-electron chi connectivity index (χ2n) is 6.79. The molecule has 1 saturated carbocycles. The third kappa shape index (κ3) is 3.74. The van der Waals surface area contributed by atoms with Crippen LogP contribution in [0.3, 0.4) is 0 Å². The summed E-state index contributed by atoms with van der Waals surface area (Å²) in [6, 6.07) is 2.54. The summed E-state index contributed by atoms with van der Waals surface area (Å²) in [6.45, 7) is 9.07. The van der Waals surface area contributed by atoms with E-state index in [9.17, 15) is 5.26 Å². The first-order valence-corrected chi connectivity index (χ1v) is 8.61. The van der Waals surface area contributed by atoms with Gasteiger partial charge in [-0.05, 0) is 63.5 Å². The number of fused-ring (bicyclic) bond motifs is 1. The van der Waals surface area contributed by atoms with E-state index in [1.54, 1.807) is 0 Å². The molecule has 0 bridgehead atoms. The van der Waals surface area contributed by atoms with E-state index in [0.717, 1.165) is 44.1 Å². The van der Waals surface area contributed by atoms with Crippen molar-refractivity contribution in [3.63, 3.8) is 0 Å². The first kappa shape index (κ1) is 15.8. The Morgan fingerprint density at radius 3 is 2.50 bits per heavy atom. The van der Waals surface area contributed by atoms with Crippen LogP contribution >= 0.6 is 0 Å². The second kappa shape index (κ2) is 7.43. The maximum Gasteiger partial charge on any atom is 0.106 e. The van der Waals surface area contributed by atoms with Gasteiger partial charge in [0, 0.05) is 13.1 Å². The molecule has 0 radical (unpaired) electrons. The van der Waals surface area contributed by atoms with E-state index in [4.69, 9.17) is 0 Å². The summed E-state index contributed by atoms with van der Waals surface area (Å²) >= 11 is 0. The number of nitrogens with zero attached hydrogens (tertiary/aromatic N) is 2. The highest BCUT2D eigenvalue weighted by Gasteiger charge is 2.36. The van der Waals surface area contributed by atoms with Crippen molar-refractivity contribution in [2.24, 2.45) is 11.8 Å². The molecule has 0 spiro atoms. The lowest BCUT2D eigenvalue weighted by atomic mass is 9.91. The van der Waals surface area contributed by atoms with Crippen molar-refractivity contribution in [1.29, 1.82) is 5.26 Å². The molecule has 0 amide bonds. The largest absolute Gasteiger partial charge is 0.303 e. The molecule has 2 fully saturated rings. The van der Waals surface area contributed by atoms with Crippen molar-refractivity contribution in [2.45, 2.75) is 64.3 Å². The van der Waals surface area contributed by atoms with Gasteiger partial charge < -0.3 is 4.90 Å². The van der Waals surface area contributed by atoms with Crippen molar-refractivity contribution >= 4 is 0 Å². The fourth-order valence-corrected chi connectivity index (χ4v) is 4.05. The van der Waals surface area contributed by atoms with Crippen LogP contribution < -0.4 is 5.32 Å². The van der Waals surface area contributed by atoms with E-state index in [1.807, 2.05) is 0 Å². The third-order valence-corrected chi connectivity index (χ3v) is 5.41. The van der Waals surface area contributed by atoms with Crippen LogP contribution in [0, 0.1) is 23.2 Å². The Bertz CT molecular complexity index is 324. The summed E-state index contributed by atoms with van der Waals surface area (Å²) in [7, 11) is 0. The standard InChI is InChI=1S/C17H31N3/c1-3-10-19-17(4-2,14-18)9-6-11-20-12-15-7-5-8-16(15)13-20/h15-16,19H,3-13H2,1-2H3. The van der Waals surface area contributed by atoms with Gasteiger partial charge in [0.2, 0.25) is 0 Å². The Morgan fingerprint density at radius 1 is 1.25 bits per heavy atom. The van der Waals surface area contributed by atoms with E-state index >= 15 is 0 Å². The SMILES string of the molecule is CCCNC(C#N)(CC)CCCN1CC2CCCC2C1. The van der Waals surface area contributed by atoms with Gasteiger partial charge in [0.25, 0.3) is 0 Å². The Labute approximate surface area is 124 Å². The number of rotatable bonds is 8. The van der Waals surface area contributed by atoms with E-state index in [1.165, 1.54) is 38.9 Å². The van der Waals surface area contributed by atoms with Crippen LogP contribution in [-0.4, -0.2) is 36.6 Å².